The van der Waals surface area contributed by atoms with Gasteiger partial charge in [0.05, 0.1) is 23.4 Å². The number of hydrogen-bond acceptors (Lipinski definition) is 5. The minimum absolute atomic E-state index is 0.0221. The summed E-state index contributed by atoms with van der Waals surface area (Å²) in [6, 6.07) is 23.3. The topological polar surface area (TPSA) is 73.4 Å². The fourth-order valence-corrected chi connectivity index (χ4v) is 5.09. The number of nitro benzene ring substituents is 1. The second kappa shape index (κ2) is 14.1. The van der Waals surface area contributed by atoms with Crippen molar-refractivity contribution < 1.29 is 9.66 Å². The normalized spacial score (nSPS) is 11.2. The fourth-order valence-electron chi connectivity index (χ4n) is 4.97. The SMILES string of the molecule is CCCCN(Cc1cccc(OC)c1[N+](=O)[O-])Cc1c(-c2ccc(Cl)cc2)nc(-c2ccccc2)n1CCCC. The van der Waals surface area contributed by atoms with Crippen molar-refractivity contribution in [2.45, 2.75) is 59.2 Å². The van der Waals surface area contributed by atoms with Gasteiger partial charge >= 0.3 is 5.69 Å². The van der Waals surface area contributed by atoms with Gasteiger partial charge in [0.1, 0.15) is 5.82 Å². The van der Waals surface area contributed by atoms with Gasteiger partial charge in [-0.3, -0.25) is 15.0 Å². The number of para-hydroxylation sites is 1. The van der Waals surface area contributed by atoms with Crippen molar-refractivity contribution >= 4 is 17.3 Å². The summed E-state index contributed by atoms with van der Waals surface area (Å²) < 4.78 is 7.68. The van der Waals surface area contributed by atoms with E-state index in [9.17, 15) is 10.1 Å². The zero-order valence-corrected chi connectivity index (χ0v) is 24.2. The number of halogens is 1. The van der Waals surface area contributed by atoms with Crippen LogP contribution in [-0.2, 0) is 19.6 Å². The summed E-state index contributed by atoms with van der Waals surface area (Å²) in [5.74, 6) is 1.20. The van der Waals surface area contributed by atoms with Gasteiger partial charge in [-0.2, -0.15) is 0 Å². The number of benzene rings is 3. The summed E-state index contributed by atoms with van der Waals surface area (Å²) in [7, 11) is 1.47. The van der Waals surface area contributed by atoms with Crippen LogP contribution < -0.4 is 4.74 Å². The monoisotopic (exact) mass is 560 g/mol. The van der Waals surface area contributed by atoms with E-state index in [1.807, 2.05) is 54.6 Å². The molecule has 0 unspecified atom stereocenters. The van der Waals surface area contributed by atoms with E-state index in [-0.39, 0.29) is 16.4 Å². The van der Waals surface area contributed by atoms with E-state index < -0.39 is 0 Å². The lowest BCUT2D eigenvalue weighted by atomic mass is 10.1. The molecule has 0 aliphatic heterocycles. The number of aromatic nitrogens is 2. The number of unbranched alkanes of at least 4 members (excludes halogenated alkanes) is 2. The highest BCUT2D eigenvalue weighted by Gasteiger charge is 2.25. The lowest BCUT2D eigenvalue weighted by Gasteiger charge is -2.24. The summed E-state index contributed by atoms with van der Waals surface area (Å²) >= 11 is 6.24. The van der Waals surface area contributed by atoms with Gasteiger partial charge in [0.15, 0.2) is 5.75 Å². The summed E-state index contributed by atoms with van der Waals surface area (Å²) in [6.45, 7) is 6.99. The van der Waals surface area contributed by atoms with E-state index in [0.717, 1.165) is 67.1 Å². The Kier molecular flexibility index (Phi) is 10.3. The number of nitrogens with zero attached hydrogens (tertiary/aromatic N) is 4. The molecule has 8 heteroatoms. The molecular formula is C32H37ClN4O3. The predicted molar refractivity (Wildman–Crippen MR) is 162 cm³/mol. The lowest BCUT2D eigenvalue weighted by molar-refractivity contribution is -0.386. The molecule has 0 bridgehead atoms. The Morgan fingerprint density at radius 1 is 0.925 bits per heavy atom. The Balaban J connectivity index is 1.84. The lowest BCUT2D eigenvalue weighted by Crippen LogP contribution is -2.26. The zero-order chi connectivity index (χ0) is 28.5. The van der Waals surface area contributed by atoms with Crippen molar-refractivity contribution in [3.8, 4) is 28.4 Å². The second-order valence-corrected chi connectivity index (χ2v) is 10.3. The van der Waals surface area contributed by atoms with Crippen LogP contribution in [0.25, 0.3) is 22.6 Å². The van der Waals surface area contributed by atoms with Gasteiger partial charge in [-0.25, -0.2) is 4.98 Å². The maximum atomic E-state index is 12.0. The van der Waals surface area contributed by atoms with Crippen molar-refractivity contribution in [3.05, 3.63) is 99.2 Å². The van der Waals surface area contributed by atoms with Crippen LogP contribution in [0.1, 0.15) is 50.8 Å². The van der Waals surface area contributed by atoms with Gasteiger partial charge in [0.25, 0.3) is 0 Å². The third kappa shape index (κ3) is 6.90. The van der Waals surface area contributed by atoms with Crippen LogP contribution in [0, 0.1) is 10.1 Å². The smallest absolute Gasteiger partial charge is 0.315 e. The number of nitro groups is 1. The minimum Gasteiger partial charge on any atom is -0.490 e. The Labute approximate surface area is 241 Å². The van der Waals surface area contributed by atoms with E-state index >= 15 is 0 Å². The molecule has 0 aliphatic rings. The third-order valence-corrected chi connectivity index (χ3v) is 7.29. The van der Waals surface area contributed by atoms with Crippen molar-refractivity contribution in [1.82, 2.24) is 14.5 Å². The van der Waals surface area contributed by atoms with Gasteiger partial charge in [-0.15, -0.1) is 0 Å². The molecular weight excluding hydrogens is 524 g/mol. The maximum Gasteiger partial charge on any atom is 0.315 e. The third-order valence-electron chi connectivity index (χ3n) is 7.04. The highest BCUT2D eigenvalue weighted by Crippen LogP contribution is 2.34. The average molecular weight is 561 g/mol. The first kappa shape index (κ1) is 29.3. The van der Waals surface area contributed by atoms with Crippen molar-refractivity contribution in [2.24, 2.45) is 0 Å². The van der Waals surface area contributed by atoms with Gasteiger partial charge < -0.3 is 9.30 Å². The van der Waals surface area contributed by atoms with Crippen LogP contribution in [0.5, 0.6) is 5.75 Å². The Bertz CT molecular complexity index is 1400. The van der Waals surface area contributed by atoms with Crippen LogP contribution in [0.2, 0.25) is 5.02 Å². The van der Waals surface area contributed by atoms with E-state index in [4.69, 9.17) is 21.3 Å². The second-order valence-electron chi connectivity index (χ2n) is 9.90. The number of rotatable bonds is 14. The van der Waals surface area contributed by atoms with Crippen molar-refractivity contribution in [1.29, 1.82) is 0 Å². The van der Waals surface area contributed by atoms with Crippen LogP contribution >= 0.6 is 11.6 Å². The molecule has 0 fully saturated rings. The van der Waals surface area contributed by atoms with Gasteiger partial charge in [0, 0.05) is 41.3 Å². The molecule has 4 aromatic rings. The Hall–Kier alpha value is -3.68. The summed E-state index contributed by atoms with van der Waals surface area (Å²) in [4.78, 5) is 19.2. The van der Waals surface area contributed by atoms with E-state index in [2.05, 4.69) is 35.4 Å². The van der Waals surface area contributed by atoms with E-state index in [1.54, 1.807) is 6.07 Å². The van der Waals surface area contributed by atoms with Crippen LogP contribution in [0.3, 0.4) is 0 Å². The van der Waals surface area contributed by atoms with Crippen LogP contribution in [0.15, 0.2) is 72.8 Å². The molecule has 1 heterocycles. The molecule has 0 radical (unpaired) electrons. The first-order valence-corrected chi connectivity index (χ1v) is 14.3. The maximum absolute atomic E-state index is 12.0. The van der Waals surface area contributed by atoms with Crippen LogP contribution in [0.4, 0.5) is 5.69 Å². The Morgan fingerprint density at radius 3 is 2.30 bits per heavy atom. The molecule has 0 spiro atoms. The molecule has 3 aromatic carbocycles. The molecule has 0 atom stereocenters. The summed E-state index contributed by atoms with van der Waals surface area (Å²) in [5.41, 5.74) is 4.72. The average Bonchev–Trinajstić information content (AvgIpc) is 3.32. The Morgan fingerprint density at radius 2 is 1.65 bits per heavy atom. The van der Waals surface area contributed by atoms with Gasteiger partial charge in [-0.1, -0.05) is 92.9 Å². The zero-order valence-electron chi connectivity index (χ0n) is 23.5. The number of methoxy groups -OCH3 is 1. The van der Waals surface area contributed by atoms with Gasteiger partial charge in [0.2, 0.25) is 0 Å². The standard InChI is InChI=1S/C32H37ClN4O3/c1-4-6-20-35(22-26-14-11-15-29(40-3)31(26)37(38)39)23-28-30(24-16-18-27(33)19-17-24)34-32(36(28)21-7-5-2)25-12-9-8-10-13-25/h8-19H,4-7,20-23H2,1-3H3. The highest BCUT2D eigenvalue weighted by molar-refractivity contribution is 6.30. The molecule has 210 valence electrons. The molecule has 0 aliphatic carbocycles. The van der Waals surface area contributed by atoms with E-state index in [1.165, 1.54) is 7.11 Å². The van der Waals surface area contributed by atoms with Crippen molar-refractivity contribution in [2.75, 3.05) is 13.7 Å². The molecule has 1 aromatic heterocycles. The van der Waals surface area contributed by atoms with Crippen LogP contribution in [-0.4, -0.2) is 33.0 Å². The predicted octanol–water partition coefficient (Wildman–Crippen LogP) is 8.39. The first-order valence-electron chi connectivity index (χ1n) is 13.9. The first-order chi connectivity index (χ1) is 19.5. The number of hydrogen-bond donors (Lipinski definition) is 0. The molecule has 0 amide bonds. The summed E-state index contributed by atoms with van der Waals surface area (Å²) in [5, 5.41) is 12.7. The largest absolute Gasteiger partial charge is 0.490 e. The minimum atomic E-state index is -0.343. The molecule has 0 saturated heterocycles. The molecule has 40 heavy (non-hydrogen) atoms. The number of ether oxygens (including phenoxy) is 1. The molecule has 4 rings (SSSR count). The molecule has 0 saturated carbocycles. The fraction of sp³-hybridized carbons (Fsp3) is 0.344. The van der Waals surface area contributed by atoms with E-state index in [0.29, 0.717) is 23.7 Å². The van der Waals surface area contributed by atoms with Crippen molar-refractivity contribution in [3.63, 3.8) is 0 Å². The molecule has 0 N–H and O–H groups in total. The molecule has 7 nitrogen and oxygen atoms in total. The number of imidazole rings is 1. The quantitative estimate of drug-likeness (QED) is 0.114. The highest BCUT2D eigenvalue weighted by atomic mass is 35.5. The summed E-state index contributed by atoms with van der Waals surface area (Å²) in [6.07, 6.45) is 4.06. The van der Waals surface area contributed by atoms with Gasteiger partial charge in [-0.05, 0) is 37.6 Å².